The number of rotatable bonds is 4. The van der Waals surface area contributed by atoms with Crippen LogP contribution in [0.25, 0.3) is 0 Å². The summed E-state index contributed by atoms with van der Waals surface area (Å²) >= 11 is 1.87. The van der Waals surface area contributed by atoms with Crippen LogP contribution < -0.4 is 0 Å². The summed E-state index contributed by atoms with van der Waals surface area (Å²) in [6.45, 7) is 8.71. The van der Waals surface area contributed by atoms with E-state index in [9.17, 15) is 0 Å². The van der Waals surface area contributed by atoms with Gasteiger partial charge in [-0.05, 0) is 11.2 Å². The van der Waals surface area contributed by atoms with Crippen LogP contribution in [0, 0.1) is 10.8 Å². The Hall–Kier alpha value is -0.310. The summed E-state index contributed by atoms with van der Waals surface area (Å²) in [4.78, 5) is 3.85. The lowest BCUT2D eigenvalue weighted by Crippen LogP contribution is -2.24. The van der Waals surface area contributed by atoms with Crippen molar-refractivity contribution >= 4 is 24.3 Å². The molecule has 0 saturated heterocycles. The van der Waals surface area contributed by atoms with E-state index in [1.807, 2.05) is 18.0 Å². The fraction of sp³-hybridized carbons (Fsp3) is 0.778. The molecule has 0 aliphatic rings. The number of nitrogens with one attached hydrogen (secondary N) is 1. The summed E-state index contributed by atoms with van der Waals surface area (Å²) in [5.74, 6) is 1.09. The van der Waals surface area contributed by atoms with E-state index in [1.54, 1.807) is 0 Å². The normalized spacial score (nSPS) is 15.0. The van der Waals surface area contributed by atoms with E-state index < -0.39 is 0 Å². The van der Waals surface area contributed by atoms with Gasteiger partial charge in [-0.15, -0.1) is 0 Å². The minimum Gasteiger partial charge on any atom is -0.290 e. The minimum absolute atomic E-state index is 0.229. The topological polar surface area (TPSA) is 36.2 Å². The molecule has 0 aromatic carbocycles. The van der Waals surface area contributed by atoms with Crippen molar-refractivity contribution in [2.24, 2.45) is 10.4 Å². The molecule has 0 fully saturated rings. The van der Waals surface area contributed by atoms with E-state index >= 15 is 0 Å². The molecule has 1 atom stereocenters. The summed E-state index contributed by atoms with van der Waals surface area (Å²) < 4.78 is 0. The predicted octanol–water partition coefficient (Wildman–Crippen LogP) is 2.83. The summed E-state index contributed by atoms with van der Waals surface area (Å²) in [7, 11) is 0. The Balaban J connectivity index is 4.22. The fourth-order valence-corrected chi connectivity index (χ4v) is 1.83. The monoisotopic (exact) mass is 186 g/mol. The van der Waals surface area contributed by atoms with Crippen molar-refractivity contribution in [1.29, 1.82) is 5.41 Å². The molecule has 0 amide bonds. The number of nitrogens with zero attached hydrogens (tertiary/aromatic N) is 1. The quantitative estimate of drug-likeness (QED) is 0.532. The lowest BCUT2D eigenvalue weighted by Gasteiger charge is -2.26. The molecular formula is C9H18N2S. The molecule has 0 aliphatic carbocycles. The van der Waals surface area contributed by atoms with Gasteiger partial charge in [0.15, 0.2) is 0 Å². The van der Waals surface area contributed by atoms with Crippen LogP contribution in [-0.4, -0.2) is 23.6 Å². The van der Waals surface area contributed by atoms with Crippen molar-refractivity contribution in [3.8, 4) is 0 Å². The lowest BCUT2D eigenvalue weighted by molar-refractivity contribution is 0.448. The van der Waals surface area contributed by atoms with E-state index in [-0.39, 0.29) is 5.41 Å². The molecule has 0 aliphatic heterocycles. The van der Waals surface area contributed by atoms with Crippen molar-refractivity contribution in [3.05, 3.63) is 0 Å². The van der Waals surface area contributed by atoms with E-state index in [2.05, 4.69) is 32.7 Å². The summed E-state index contributed by atoms with van der Waals surface area (Å²) in [5.41, 5.74) is 0.229. The van der Waals surface area contributed by atoms with Gasteiger partial charge in [-0.1, -0.05) is 27.7 Å². The first-order valence-corrected chi connectivity index (χ1v) is 5.21. The van der Waals surface area contributed by atoms with Gasteiger partial charge in [0, 0.05) is 11.5 Å². The number of thioether (sulfide) groups is 1. The fourth-order valence-electron chi connectivity index (χ4n) is 0.817. The Morgan fingerprint density at radius 1 is 1.50 bits per heavy atom. The maximum atomic E-state index is 6.80. The Bertz CT molecular complexity index is 158. The van der Waals surface area contributed by atoms with E-state index in [0.717, 1.165) is 12.1 Å². The van der Waals surface area contributed by atoms with Gasteiger partial charge in [0.25, 0.3) is 0 Å². The van der Waals surface area contributed by atoms with Crippen LogP contribution in [0.1, 0.15) is 27.7 Å². The Labute approximate surface area is 79.4 Å². The molecule has 0 heterocycles. The number of hydrogen-bond acceptors (Lipinski definition) is 2. The van der Waals surface area contributed by atoms with Crippen LogP contribution in [0.5, 0.6) is 0 Å². The maximum absolute atomic E-state index is 6.80. The van der Waals surface area contributed by atoms with Crippen LogP contribution >= 0.6 is 11.8 Å². The third-order valence-electron chi connectivity index (χ3n) is 1.50. The molecule has 1 unspecified atom stereocenters. The van der Waals surface area contributed by atoms with Crippen molar-refractivity contribution in [2.75, 3.05) is 5.75 Å². The summed E-state index contributed by atoms with van der Waals surface area (Å²) in [6, 6.07) is 0. The standard InChI is InChI=1S/C9H18N2S/c1-5-12-8(6-11-7-10)9(2,3)4/h6-8,10H,5H2,1-4H3. The molecule has 12 heavy (non-hydrogen) atoms. The average Bonchev–Trinajstić information content (AvgIpc) is 1.95. The van der Waals surface area contributed by atoms with Crippen LogP contribution in [0.15, 0.2) is 4.99 Å². The second kappa shape index (κ2) is 5.36. The minimum atomic E-state index is 0.229. The zero-order valence-electron chi connectivity index (χ0n) is 8.29. The zero-order valence-corrected chi connectivity index (χ0v) is 9.11. The molecule has 0 rings (SSSR count). The molecule has 0 radical (unpaired) electrons. The Morgan fingerprint density at radius 2 is 2.08 bits per heavy atom. The van der Waals surface area contributed by atoms with Crippen LogP contribution in [-0.2, 0) is 0 Å². The van der Waals surface area contributed by atoms with Crippen molar-refractivity contribution < 1.29 is 0 Å². The third kappa shape index (κ3) is 4.54. The summed E-state index contributed by atoms with van der Waals surface area (Å²) in [6.07, 6.45) is 2.95. The van der Waals surface area contributed by atoms with Gasteiger partial charge < -0.3 is 0 Å². The average molecular weight is 186 g/mol. The molecule has 0 spiro atoms. The second-order valence-electron chi connectivity index (χ2n) is 3.67. The van der Waals surface area contributed by atoms with E-state index in [4.69, 9.17) is 5.41 Å². The third-order valence-corrected chi connectivity index (χ3v) is 3.02. The Kier molecular flexibility index (Phi) is 5.22. The van der Waals surface area contributed by atoms with Gasteiger partial charge in [-0.25, -0.2) is 4.99 Å². The predicted molar refractivity (Wildman–Crippen MR) is 58.7 cm³/mol. The zero-order chi connectivity index (χ0) is 9.61. The van der Waals surface area contributed by atoms with Crippen LogP contribution in [0.2, 0.25) is 0 Å². The smallest absolute Gasteiger partial charge is 0.106 e. The second-order valence-corrected chi connectivity index (χ2v) is 5.09. The number of hydrogen-bond donors (Lipinski definition) is 1. The molecule has 1 N–H and O–H groups in total. The molecule has 2 nitrogen and oxygen atoms in total. The highest BCUT2D eigenvalue weighted by Gasteiger charge is 2.22. The van der Waals surface area contributed by atoms with Crippen LogP contribution in [0.3, 0.4) is 0 Å². The van der Waals surface area contributed by atoms with Crippen molar-refractivity contribution in [2.45, 2.75) is 32.9 Å². The first-order valence-electron chi connectivity index (χ1n) is 4.16. The SMILES string of the molecule is CCSC(C=NC=N)C(C)(C)C. The van der Waals surface area contributed by atoms with Crippen LogP contribution in [0.4, 0.5) is 0 Å². The lowest BCUT2D eigenvalue weighted by atomic mass is 9.92. The van der Waals surface area contributed by atoms with E-state index in [0.29, 0.717) is 5.25 Å². The van der Waals surface area contributed by atoms with Crippen molar-refractivity contribution in [3.63, 3.8) is 0 Å². The van der Waals surface area contributed by atoms with Gasteiger partial charge in [0.1, 0.15) is 6.34 Å². The highest BCUT2D eigenvalue weighted by Crippen LogP contribution is 2.28. The van der Waals surface area contributed by atoms with Gasteiger partial charge in [-0.3, -0.25) is 5.41 Å². The molecule has 0 aromatic rings. The first-order chi connectivity index (χ1) is 5.52. The van der Waals surface area contributed by atoms with Gasteiger partial charge in [-0.2, -0.15) is 11.8 Å². The Morgan fingerprint density at radius 3 is 2.42 bits per heavy atom. The molecule has 0 saturated carbocycles. The molecular weight excluding hydrogens is 168 g/mol. The molecule has 0 bridgehead atoms. The first kappa shape index (κ1) is 11.7. The highest BCUT2D eigenvalue weighted by atomic mass is 32.2. The number of aliphatic imine (C=N–C) groups is 1. The molecule has 0 aromatic heterocycles. The maximum Gasteiger partial charge on any atom is 0.106 e. The van der Waals surface area contributed by atoms with Gasteiger partial charge >= 0.3 is 0 Å². The van der Waals surface area contributed by atoms with E-state index in [1.165, 1.54) is 0 Å². The van der Waals surface area contributed by atoms with Gasteiger partial charge in [0.2, 0.25) is 0 Å². The van der Waals surface area contributed by atoms with Crippen molar-refractivity contribution in [1.82, 2.24) is 0 Å². The molecule has 3 heteroatoms. The molecule has 70 valence electrons. The largest absolute Gasteiger partial charge is 0.290 e. The van der Waals surface area contributed by atoms with Gasteiger partial charge in [0.05, 0.1) is 0 Å². The highest BCUT2D eigenvalue weighted by molar-refractivity contribution is 8.00. The summed E-state index contributed by atoms with van der Waals surface area (Å²) in [5, 5.41) is 7.21.